The van der Waals surface area contributed by atoms with E-state index in [2.05, 4.69) is 0 Å². The fourth-order valence-electron chi connectivity index (χ4n) is 3.44. The molecule has 16 heteroatoms. The number of halogens is 5. The number of carbonyl (C=O) groups is 5. The van der Waals surface area contributed by atoms with Crippen molar-refractivity contribution in [2.75, 3.05) is 29.4 Å². The molecule has 6 atom stereocenters. The fraction of sp³-hybridized carbons (Fsp3) is 0.688. The van der Waals surface area contributed by atoms with Crippen LogP contribution in [0.25, 0.3) is 0 Å². The van der Waals surface area contributed by atoms with Gasteiger partial charge < -0.3 is 30.3 Å². The molecular formula is C16H17Cl5O11. The van der Waals surface area contributed by atoms with Crippen molar-refractivity contribution in [3.63, 3.8) is 0 Å². The van der Waals surface area contributed by atoms with Gasteiger partial charge in [0.1, 0.15) is 12.2 Å². The molecule has 1 saturated heterocycles. The molecule has 1 rings (SSSR count). The summed E-state index contributed by atoms with van der Waals surface area (Å²) in [5.41, 5.74) is -12.4. The topological polar surface area (TPSA) is 196 Å². The maximum absolute atomic E-state index is 12.8. The van der Waals surface area contributed by atoms with Gasteiger partial charge in [0.25, 0.3) is 5.79 Å². The highest BCUT2D eigenvalue weighted by Crippen LogP contribution is 2.52. The van der Waals surface area contributed by atoms with Gasteiger partial charge in [-0.05, 0) is 0 Å². The quantitative estimate of drug-likeness (QED) is 0.169. The van der Waals surface area contributed by atoms with Gasteiger partial charge in [0, 0.05) is 0 Å². The summed E-state index contributed by atoms with van der Waals surface area (Å²) in [6, 6.07) is 0. The molecule has 11 nitrogen and oxygen atoms in total. The molecule has 1 fully saturated rings. The second-order valence-corrected chi connectivity index (χ2v) is 7.98. The normalized spacial score (nSPS) is 35.8. The van der Waals surface area contributed by atoms with Gasteiger partial charge in [-0.2, -0.15) is 0 Å². The Morgan fingerprint density at radius 3 is 1.47 bits per heavy atom. The third kappa shape index (κ3) is 3.81. The first-order valence-electron chi connectivity index (χ1n) is 8.38. The zero-order valence-electron chi connectivity index (χ0n) is 15.8. The first-order chi connectivity index (χ1) is 14.7. The fourth-order valence-corrected chi connectivity index (χ4v) is 4.37. The van der Waals surface area contributed by atoms with Gasteiger partial charge >= 0.3 is 0 Å². The number of Topliss-reactive ketones (excluding diaryl/α,β-unsaturated/α-hetero) is 5. The van der Waals surface area contributed by atoms with Crippen molar-refractivity contribution < 1.29 is 54.2 Å². The summed E-state index contributed by atoms with van der Waals surface area (Å²) in [5, 5.41) is 55.1. The highest BCUT2D eigenvalue weighted by molar-refractivity contribution is 6.35. The minimum Gasteiger partial charge on any atom is -0.382 e. The number of aliphatic hydroxyl groups is 5. The molecule has 0 spiro atoms. The Hall–Kier alpha value is -0.440. The van der Waals surface area contributed by atoms with E-state index in [4.69, 9.17) is 62.7 Å². The molecule has 1 heterocycles. The minimum atomic E-state index is -4.24. The van der Waals surface area contributed by atoms with Gasteiger partial charge in [0.05, 0.1) is 29.4 Å². The molecule has 0 bridgehead atoms. The van der Waals surface area contributed by atoms with Gasteiger partial charge in [-0.1, -0.05) is 0 Å². The first kappa shape index (κ1) is 29.6. The van der Waals surface area contributed by atoms with Crippen molar-refractivity contribution in [2.24, 2.45) is 0 Å². The Bertz CT molecular complexity index is 824. The van der Waals surface area contributed by atoms with Crippen molar-refractivity contribution in [3.8, 4) is 0 Å². The van der Waals surface area contributed by atoms with Gasteiger partial charge in [-0.25, -0.2) is 0 Å². The highest BCUT2D eigenvalue weighted by Gasteiger charge is 2.86. The standard InChI is InChI=1S/C16H17Cl5O11/c17-1-6(22)11(27)12-13(28,7(23)2-18)14(29,8(24)3-19)15(30,9(25)4-20)16(31,32-12)10(26)5-21/h11-12,27-31H,1-5H2/t11?,12-,13-,14+,15-,16+/m1/s1. The molecule has 0 aromatic carbocycles. The van der Waals surface area contributed by atoms with E-state index in [0.29, 0.717) is 0 Å². The Balaban J connectivity index is 4.28. The number of rotatable bonds is 11. The van der Waals surface area contributed by atoms with Gasteiger partial charge in [0.15, 0.2) is 28.7 Å². The van der Waals surface area contributed by atoms with Crippen LogP contribution in [0.1, 0.15) is 0 Å². The smallest absolute Gasteiger partial charge is 0.269 e. The number of hydrogen-bond acceptors (Lipinski definition) is 11. The molecule has 1 aliphatic heterocycles. The largest absolute Gasteiger partial charge is 0.382 e. The maximum Gasteiger partial charge on any atom is 0.269 e. The Morgan fingerprint density at radius 2 is 1.09 bits per heavy atom. The van der Waals surface area contributed by atoms with Crippen LogP contribution in [-0.4, -0.2) is 119 Å². The van der Waals surface area contributed by atoms with Crippen LogP contribution in [0.5, 0.6) is 0 Å². The summed E-state index contributed by atoms with van der Waals surface area (Å²) in [4.78, 5) is 62.6. The van der Waals surface area contributed by atoms with Crippen LogP contribution in [0, 0.1) is 0 Å². The van der Waals surface area contributed by atoms with E-state index in [1.165, 1.54) is 0 Å². The van der Waals surface area contributed by atoms with Crippen molar-refractivity contribution in [2.45, 2.75) is 34.8 Å². The van der Waals surface area contributed by atoms with E-state index in [-0.39, 0.29) is 0 Å². The molecule has 1 unspecified atom stereocenters. The number of alkyl halides is 5. The Morgan fingerprint density at radius 1 is 0.688 bits per heavy atom. The van der Waals surface area contributed by atoms with Crippen LogP contribution in [0.15, 0.2) is 0 Å². The zero-order chi connectivity index (χ0) is 25.3. The molecule has 0 aromatic heterocycles. The van der Waals surface area contributed by atoms with E-state index >= 15 is 0 Å². The predicted molar refractivity (Wildman–Crippen MR) is 109 cm³/mol. The average molecular weight is 563 g/mol. The summed E-state index contributed by atoms with van der Waals surface area (Å²) in [5.74, 6) is -19.0. The lowest BCUT2D eigenvalue weighted by Crippen LogP contribution is -2.92. The third-order valence-corrected chi connectivity index (χ3v) is 6.35. The molecule has 5 N–H and O–H groups in total. The Labute approximate surface area is 205 Å². The van der Waals surface area contributed by atoms with E-state index in [1.807, 2.05) is 0 Å². The molecule has 0 amide bonds. The lowest BCUT2D eigenvalue weighted by Gasteiger charge is -2.60. The molecule has 0 radical (unpaired) electrons. The van der Waals surface area contributed by atoms with Crippen LogP contribution < -0.4 is 0 Å². The highest BCUT2D eigenvalue weighted by atomic mass is 35.5. The van der Waals surface area contributed by atoms with E-state index in [9.17, 15) is 49.5 Å². The molecular weight excluding hydrogens is 545 g/mol. The SMILES string of the molecule is O=C(CCl)C(O)[C@H]1O[C@@](O)(C(=O)CCl)[C@@](O)(C(=O)CCl)[C@](O)(C(=O)CCl)[C@@]1(O)C(=O)CCl. The number of carbonyl (C=O) groups excluding carboxylic acids is 5. The summed E-state index contributed by atoms with van der Waals surface area (Å²) in [7, 11) is 0. The number of ether oxygens (including phenoxy) is 1. The molecule has 0 aliphatic carbocycles. The van der Waals surface area contributed by atoms with Gasteiger partial charge in [-0.15, -0.1) is 58.0 Å². The Kier molecular flexibility index (Phi) is 9.66. The third-order valence-electron chi connectivity index (χ3n) is 5.12. The molecule has 1 aliphatic rings. The molecule has 0 aromatic rings. The maximum atomic E-state index is 12.8. The predicted octanol–water partition coefficient (Wildman–Crippen LogP) is -2.33. The average Bonchev–Trinajstić information content (AvgIpc) is 2.81. The van der Waals surface area contributed by atoms with Crippen molar-refractivity contribution in [1.82, 2.24) is 0 Å². The molecule has 0 saturated carbocycles. The van der Waals surface area contributed by atoms with Crippen molar-refractivity contribution in [3.05, 3.63) is 0 Å². The van der Waals surface area contributed by atoms with Crippen LogP contribution in [0.3, 0.4) is 0 Å². The molecule has 32 heavy (non-hydrogen) atoms. The van der Waals surface area contributed by atoms with Gasteiger partial charge in [-0.3, -0.25) is 24.0 Å². The second kappa shape index (κ2) is 10.4. The lowest BCUT2D eigenvalue weighted by molar-refractivity contribution is -0.394. The minimum absolute atomic E-state index is 0.985. The number of aliphatic hydroxyl groups excluding tert-OH is 1. The van der Waals surface area contributed by atoms with Crippen LogP contribution in [0.2, 0.25) is 0 Å². The molecule has 182 valence electrons. The summed E-state index contributed by atoms with van der Waals surface area (Å²) >= 11 is 27.0. The first-order valence-corrected chi connectivity index (χ1v) is 11.1. The van der Waals surface area contributed by atoms with E-state index in [0.717, 1.165) is 0 Å². The second-order valence-electron chi connectivity index (χ2n) is 6.64. The zero-order valence-corrected chi connectivity index (χ0v) is 19.5. The van der Waals surface area contributed by atoms with Crippen LogP contribution in [0.4, 0.5) is 0 Å². The van der Waals surface area contributed by atoms with Gasteiger partial charge in [0.2, 0.25) is 17.0 Å². The van der Waals surface area contributed by atoms with E-state index in [1.54, 1.807) is 0 Å². The van der Waals surface area contributed by atoms with Crippen molar-refractivity contribution >= 4 is 86.9 Å². The van der Waals surface area contributed by atoms with Crippen LogP contribution >= 0.6 is 58.0 Å². The summed E-state index contributed by atoms with van der Waals surface area (Å²) in [6.45, 7) is 0. The van der Waals surface area contributed by atoms with E-state index < -0.39 is 93.1 Å². The summed E-state index contributed by atoms with van der Waals surface area (Å²) < 4.78 is 4.86. The van der Waals surface area contributed by atoms with Crippen molar-refractivity contribution in [1.29, 1.82) is 0 Å². The summed E-state index contributed by atoms with van der Waals surface area (Å²) in [6.07, 6.45) is -5.61. The number of ketones is 5. The lowest BCUT2D eigenvalue weighted by atomic mass is 9.56. The number of hydrogen-bond donors (Lipinski definition) is 5. The monoisotopic (exact) mass is 560 g/mol. The van der Waals surface area contributed by atoms with Crippen LogP contribution in [-0.2, 0) is 28.7 Å².